The van der Waals surface area contributed by atoms with E-state index < -0.39 is 11.9 Å². The van der Waals surface area contributed by atoms with Crippen LogP contribution >= 0.6 is 0 Å². The number of nitrogens with one attached hydrogen (secondary N) is 1. The van der Waals surface area contributed by atoms with Crippen LogP contribution < -0.4 is 5.48 Å². The van der Waals surface area contributed by atoms with Gasteiger partial charge in [0.25, 0.3) is 0 Å². The molecule has 1 aliphatic heterocycles. The number of carbonyl (C=O) groups is 2. The van der Waals surface area contributed by atoms with Crippen LogP contribution in [0.15, 0.2) is 24.6 Å². The molecule has 1 heterocycles. The molecule has 0 amide bonds. The molecule has 0 aliphatic carbocycles. The lowest BCUT2D eigenvalue weighted by Gasteiger charge is -1.97. The zero-order chi connectivity index (χ0) is 9.40. The van der Waals surface area contributed by atoms with Crippen LogP contribution in [-0.2, 0) is 14.4 Å². The molecule has 3 N–H and O–H groups in total. The van der Waals surface area contributed by atoms with E-state index in [9.17, 15) is 0 Å². The van der Waals surface area contributed by atoms with Crippen LogP contribution in [0.4, 0.5) is 0 Å². The summed E-state index contributed by atoms with van der Waals surface area (Å²) in [5, 5.41) is 14.8. The minimum atomic E-state index is -1.82. The molecule has 0 atom stereocenters. The van der Waals surface area contributed by atoms with Crippen molar-refractivity contribution in [3.8, 4) is 0 Å². The van der Waals surface area contributed by atoms with Crippen LogP contribution in [0.5, 0.6) is 0 Å². The average molecular weight is 173 g/mol. The monoisotopic (exact) mass is 173 g/mol. The molecule has 0 bridgehead atoms. The van der Waals surface area contributed by atoms with Gasteiger partial charge in [0.1, 0.15) is 6.26 Å². The van der Waals surface area contributed by atoms with Crippen molar-refractivity contribution in [2.75, 3.05) is 0 Å². The maximum Gasteiger partial charge on any atom is 0.414 e. The van der Waals surface area contributed by atoms with E-state index in [-0.39, 0.29) is 0 Å². The van der Waals surface area contributed by atoms with Gasteiger partial charge in [-0.2, -0.15) is 0 Å². The summed E-state index contributed by atoms with van der Waals surface area (Å²) in [6.45, 7) is 0. The maximum atomic E-state index is 9.10. The van der Waals surface area contributed by atoms with Crippen LogP contribution in [0.2, 0.25) is 0 Å². The van der Waals surface area contributed by atoms with E-state index in [1.165, 1.54) is 0 Å². The van der Waals surface area contributed by atoms with Gasteiger partial charge in [-0.25, -0.2) is 15.1 Å². The quantitative estimate of drug-likeness (QED) is 0.435. The van der Waals surface area contributed by atoms with E-state index in [0.717, 1.165) is 0 Å². The Kier molecular flexibility index (Phi) is 4.83. The van der Waals surface area contributed by atoms with Gasteiger partial charge in [-0.15, -0.1) is 0 Å². The predicted molar refractivity (Wildman–Crippen MR) is 37.8 cm³/mol. The summed E-state index contributed by atoms with van der Waals surface area (Å²) in [7, 11) is 0. The summed E-state index contributed by atoms with van der Waals surface area (Å²) in [6, 6.07) is 0. The van der Waals surface area contributed by atoms with Crippen LogP contribution in [-0.4, -0.2) is 22.2 Å². The lowest BCUT2D eigenvalue weighted by molar-refractivity contribution is -0.159. The molecule has 0 aromatic heterocycles. The van der Waals surface area contributed by atoms with Crippen molar-refractivity contribution in [2.24, 2.45) is 0 Å². The largest absolute Gasteiger partial charge is 0.473 e. The highest BCUT2D eigenvalue weighted by Crippen LogP contribution is 1.80. The Bertz CT molecular complexity index is 196. The van der Waals surface area contributed by atoms with Gasteiger partial charge < -0.3 is 15.1 Å². The second-order valence-corrected chi connectivity index (χ2v) is 1.53. The number of carboxylic acids is 2. The van der Waals surface area contributed by atoms with Crippen molar-refractivity contribution in [3.63, 3.8) is 0 Å². The summed E-state index contributed by atoms with van der Waals surface area (Å²) in [6.07, 6.45) is 6.93. The number of carboxylic acid groups (broad SMARTS) is 2. The lowest BCUT2D eigenvalue weighted by atomic mass is 10.6. The average Bonchev–Trinajstić information content (AvgIpc) is 2.08. The normalized spacial score (nSPS) is 11.7. The molecule has 1 rings (SSSR count). The van der Waals surface area contributed by atoms with Crippen molar-refractivity contribution < 1.29 is 24.6 Å². The number of hydrogen-bond acceptors (Lipinski definition) is 4. The summed E-state index contributed by atoms with van der Waals surface area (Å²) in [5.41, 5.74) is 2.52. The van der Waals surface area contributed by atoms with Gasteiger partial charge in [-0.1, -0.05) is 0 Å². The Morgan fingerprint density at radius 1 is 1.17 bits per heavy atom. The van der Waals surface area contributed by atoms with Crippen molar-refractivity contribution in [1.82, 2.24) is 5.48 Å². The SMILES string of the molecule is C1=CNOC=C1.O=C(O)C(=O)O. The Morgan fingerprint density at radius 3 is 1.83 bits per heavy atom. The number of rotatable bonds is 0. The van der Waals surface area contributed by atoms with E-state index in [4.69, 9.17) is 19.8 Å². The summed E-state index contributed by atoms with van der Waals surface area (Å²) in [4.78, 5) is 22.8. The zero-order valence-electron chi connectivity index (χ0n) is 5.93. The third-order valence-corrected chi connectivity index (χ3v) is 0.673. The van der Waals surface area contributed by atoms with Gasteiger partial charge in [0.05, 0.1) is 0 Å². The molecular formula is C6H7NO5. The molecule has 0 aromatic carbocycles. The van der Waals surface area contributed by atoms with Gasteiger partial charge in [0.15, 0.2) is 0 Å². The van der Waals surface area contributed by atoms with Crippen LogP contribution in [0.1, 0.15) is 0 Å². The second kappa shape index (κ2) is 5.78. The maximum absolute atomic E-state index is 9.10. The number of allylic oxidation sites excluding steroid dienone is 2. The summed E-state index contributed by atoms with van der Waals surface area (Å²) < 4.78 is 0. The molecule has 1 aliphatic rings. The van der Waals surface area contributed by atoms with E-state index in [0.29, 0.717) is 0 Å². The molecule has 0 unspecified atom stereocenters. The zero-order valence-corrected chi connectivity index (χ0v) is 5.93. The molecule has 0 radical (unpaired) electrons. The lowest BCUT2D eigenvalue weighted by Crippen LogP contribution is -2.09. The van der Waals surface area contributed by atoms with E-state index >= 15 is 0 Å². The predicted octanol–water partition coefficient (Wildman–Crippen LogP) is -0.296. The molecule has 0 spiro atoms. The first-order valence-electron chi connectivity index (χ1n) is 2.83. The first-order chi connectivity index (χ1) is 5.64. The van der Waals surface area contributed by atoms with Crippen LogP contribution in [0.25, 0.3) is 0 Å². The standard InChI is InChI=1S/C4H5NO.C2H2O4/c1-2-4-6-5-3-1;3-1(4)2(5)6/h1-5H;(H,3,4)(H,5,6). The number of aliphatic carboxylic acids is 2. The number of hydroxylamine groups is 1. The van der Waals surface area contributed by atoms with Gasteiger partial charge in [0, 0.05) is 6.20 Å². The molecule has 12 heavy (non-hydrogen) atoms. The molecule has 66 valence electrons. The van der Waals surface area contributed by atoms with Gasteiger partial charge in [-0.3, -0.25) is 0 Å². The molecule has 0 saturated carbocycles. The second-order valence-electron chi connectivity index (χ2n) is 1.53. The fourth-order valence-corrected chi connectivity index (χ4v) is 0.258. The molecule has 0 fully saturated rings. The third kappa shape index (κ3) is 6.14. The fourth-order valence-electron chi connectivity index (χ4n) is 0.258. The minimum absolute atomic E-state index is 1.57. The van der Waals surface area contributed by atoms with E-state index in [1.54, 1.807) is 18.5 Å². The van der Waals surface area contributed by atoms with Crippen molar-refractivity contribution in [1.29, 1.82) is 0 Å². The van der Waals surface area contributed by atoms with Crippen LogP contribution in [0.3, 0.4) is 0 Å². The topological polar surface area (TPSA) is 95.9 Å². The highest BCUT2D eigenvalue weighted by Gasteiger charge is 2.04. The Labute approximate surface area is 67.7 Å². The smallest absolute Gasteiger partial charge is 0.414 e. The number of hydrogen-bond donors (Lipinski definition) is 3. The Morgan fingerprint density at radius 2 is 1.75 bits per heavy atom. The fraction of sp³-hybridized carbons (Fsp3) is 0. The van der Waals surface area contributed by atoms with Gasteiger partial charge in [-0.05, 0) is 12.2 Å². The summed E-state index contributed by atoms with van der Waals surface area (Å²) in [5.74, 6) is -3.65. The van der Waals surface area contributed by atoms with Crippen molar-refractivity contribution in [3.05, 3.63) is 24.6 Å². The third-order valence-electron chi connectivity index (χ3n) is 0.673. The van der Waals surface area contributed by atoms with Gasteiger partial charge in [0.2, 0.25) is 0 Å². The van der Waals surface area contributed by atoms with E-state index in [2.05, 4.69) is 10.3 Å². The highest BCUT2D eigenvalue weighted by molar-refractivity contribution is 6.27. The van der Waals surface area contributed by atoms with Crippen LogP contribution in [0, 0.1) is 0 Å². The highest BCUT2D eigenvalue weighted by atomic mass is 16.6. The minimum Gasteiger partial charge on any atom is -0.473 e. The Hall–Kier alpha value is -1.98. The summed E-state index contributed by atoms with van der Waals surface area (Å²) >= 11 is 0. The first kappa shape index (κ1) is 10.0. The molecule has 0 aromatic rings. The van der Waals surface area contributed by atoms with Crippen molar-refractivity contribution >= 4 is 11.9 Å². The molecule has 6 nitrogen and oxygen atoms in total. The first-order valence-corrected chi connectivity index (χ1v) is 2.83. The van der Waals surface area contributed by atoms with Gasteiger partial charge >= 0.3 is 11.9 Å². The van der Waals surface area contributed by atoms with E-state index in [1.807, 2.05) is 6.08 Å². The molecular weight excluding hydrogens is 166 g/mol. The van der Waals surface area contributed by atoms with Crippen molar-refractivity contribution in [2.45, 2.75) is 0 Å². The molecule has 6 heteroatoms. The molecule has 0 saturated heterocycles. The Balaban J connectivity index is 0.000000202.